The molecule has 1 fully saturated rings. The first-order chi connectivity index (χ1) is 16.8. The molecular formula is C25H17Br2ClN2O5. The number of barbiturate groups is 1. The van der Waals surface area contributed by atoms with Crippen LogP contribution in [0.5, 0.6) is 11.5 Å². The van der Waals surface area contributed by atoms with Gasteiger partial charge in [-0.1, -0.05) is 55.6 Å². The Morgan fingerprint density at radius 1 is 0.971 bits per heavy atom. The molecule has 4 amide bonds. The van der Waals surface area contributed by atoms with Crippen LogP contribution in [0.3, 0.4) is 0 Å². The average Bonchev–Trinajstić information content (AvgIpc) is 2.82. The van der Waals surface area contributed by atoms with Gasteiger partial charge >= 0.3 is 6.03 Å². The molecule has 0 unspecified atom stereocenters. The number of hydrogen-bond acceptors (Lipinski definition) is 5. The van der Waals surface area contributed by atoms with E-state index in [1.807, 2.05) is 18.2 Å². The summed E-state index contributed by atoms with van der Waals surface area (Å²) in [5, 5.41) is 2.64. The number of benzene rings is 3. The molecule has 1 aliphatic rings. The van der Waals surface area contributed by atoms with E-state index in [1.165, 1.54) is 25.3 Å². The van der Waals surface area contributed by atoms with Crippen LogP contribution >= 0.6 is 43.5 Å². The van der Waals surface area contributed by atoms with Crippen molar-refractivity contribution in [2.75, 3.05) is 12.0 Å². The SMILES string of the molecule is COc1cc(/C=C2\C(=O)NC(=O)N(c3ccc(Cl)cc3)C2=O)ccc1OCc1ccc(Br)cc1Br. The minimum atomic E-state index is -0.833. The lowest BCUT2D eigenvalue weighted by Gasteiger charge is -2.26. The van der Waals surface area contributed by atoms with Crippen LogP contribution in [-0.2, 0) is 16.2 Å². The second-order valence-electron chi connectivity index (χ2n) is 7.37. The third kappa shape index (κ3) is 5.58. The number of methoxy groups -OCH3 is 1. The second kappa shape index (κ2) is 10.6. The number of carbonyl (C=O) groups is 3. The molecule has 1 saturated heterocycles. The summed E-state index contributed by atoms with van der Waals surface area (Å²) in [7, 11) is 1.49. The zero-order chi connectivity index (χ0) is 25.1. The lowest BCUT2D eigenvalue weighted by atomic mass is 10.1. The van der Waals surface area contributed by atoms with Gasteiger partial charge in [-0.15, -0.1) is 0 Å². The molecule has 3 aromatic carbocycles. The van der Waals surface area contributed by atoms with Gasteiger partial charge in [0.25, 0.3) is 11.8 Å². The van der Waals surface area contributed by atoms with Gasteiger partial charge in [0.15, 0.2) is 11.5 Å². The fourth-order valence-electron chi connectivity index (χ4n) is 3.34. The van der Waals surface area contributed by atoms with E-state index >= 15 is 0 Å². The van der Waals surface area contributed by atoms with Crippen LogP contribution in [0, 0.1) is 0 Å². The number of nitrogens with zero attached hydrogens (tertiary/aromatic N) is 1. The fourth-order valence-corrected chi connectivity index (χ4v) is 4.62. The van der Waals surface area contributed by atoms with Crippen LogP contribution in [0.15, 0.2) is 75.2 Å². The number of rotatable bonds is 6. The van der Waals surface area contributed by atoms with Crippen molar-refractivity contribution >= 4 is 73.1 Å². The number of anilines is 1. The number of imide groups is 2. The Kier molecular flexibility index (Phi) is 7.59. The minimum Gasteiger partial charge on any atom is -0.493 e. The standard InChI is InChI=1S/C25H17Br2ClN2O5/c1-34-22-11-14(2-9-21(22)35-13-15-3-4-16(26)12-20(15)27)10-19-23(31)29-25(33)30(24(19)32)18-7-5-17(28)6-8-18/h2-12H,13H2,1H3,(H,29,31,33)/b19-10+. The molecule has 0 bridgehead atoms. The summed E-state index contributed by atoms with van der Waals surface area (Å²) in [5.74, 6) is -0.631. The fraction of sp³-hybridized carbons (Fsp3) is 0.0800. The lowest BCUT2D eigenvalue weighted by Crippen LogP contribution is -2.54. The number of amides is 4. The maximum Gasteiger partial charge on any atom is 0.335 e. The first-order valence-corrected chi connectivity index (χ1v) is 12.1. The summed E-state index contributed by atoms with van der Waals surface area (Å²) in [6.07, 6.45) is 1.39. The lowest BCUT2D eigenvalue weighted by molar-refractivity contribution is -0.122. The van der Waals surface area contributed by atoms with E-state index in [9.17, 15) is 14.4 Å². The van der Waals surface area contributed by atoms with Gasteiger partial charge in [-0.05, 0) is 60.2 Å². The van der Waals surface area contributed by atoms with E-state index in [0.717, 1.165) is 19.4 Å². The number of nitrogens with one attached hydrogen (secondary N) is 1. The molecule has 0 spiro atoms. The highest BCUT2D eigenvalue weighted by atomic mass is 79.9. The Balaban J connectivity index is 1.59. The van der Waals surface area contributed by atoms with Crippen molar-refractivity contribution in [2.24, 2.45) is 0 Å². The largest absolute Gasteiger partial charge is 0.493 e. The van der Waals surface area contributed by atoms with E-state index in [0.29, 0.717) is 28.7 Å². The van der Waals surface area contributed by atoms with Gasteiger partial charge in [0, 0.05) is 19.5 Å². The third-order valence-electron chi connectivity index (χ3n) is 5.08. The van der Waals surface area contributed by atoms with Gasteiger partial charge < -0.3 is 9.47 Å². The first kappa shape index (κ1) is 25.0. The van der Waals surface area contributed by atoms with Crippen LogP contribution in [0.1, 0.15) is 11.1 Å². The number of halogens is 3. The summed E-state index contributed by atoms with van der Waals surface area (Å²) in [6.45, 7) is 0.295. The molecule has 0 aliphatic carbocycles. The van der Waals surface area contributed by atoms with Crippen LogP contribution in [-0.4, -0.2) is 25.0 Å². The van der Waals surface area contributed by atoms with Crippen molar-refractivity contribution in [3.05, 3.63) is 91.3 Å². The van der Waals surface area contributed by atoms with Gasteiger partial charge in [0.05, 0.1) is 12.8 Å². The van der Waals surface area contributed by atoms with Crippen molar-refractivity contribution in [1.82, 2.24) is 5.32 Å². The first-order valence-electron chi connectivity index (χ1n) is 10.2. The number of carbonyl (C=O) groups excluding carboxylic acids is 3. The number of urea groups is 1. The maximum atomic E-state index is 13.1. The molecule has 3 aromatic rings. The zero-order valence-electron chi connectivity index (χ0n) is 18.2. The molecule has 0 radical (unpaired) electrons. The molecular weight excluding hydrogens is 604 g/mol. The molecule has 1 aliphatic heterocycles. The molecule has 1 heterocycles. The van der Waals surface area contributed by atoms with E-state index in [-0.39, 0.29) is 11.3 Å². The molecule has 0 aromatic heterocycles. The quantitative estimate of drug-likeness (QED) is 0.265. The van der Waals surface area contributed by atoms with E-state index in [2.05, 4.69) is 37.2 Å². The van der Waals surface area contributed by atoms with Crippen LogP contribution in [0.25, 0.3) is 6.08 Å². The Labute approximate surface area is 222 Å². The number of hydrogen-bond donors (Lipinski definition) is 1. The van der Waals surface area contributed by atoms with Crippen LogP contribution in [0.4, 0.5) is 10.5 Å². The maximum absolute atomic E-state index is 13.1. The van der Waals surface area contributed by atoms with Gasteiger partial charge in [-0.25, -0.2) is 9.69 Å². The third-order valence-corrected chi connectivity index (χ3v) is 6.57. The van der Waals surface area contributed by atoms with E-state index in [4.69, 9.17) is 21.1 Å². The highest BCUT2D eigenvalue weighted by molar-refractivity contribution is 9.11. The Morgan fingerprint density at radius 3 is 2.40 bits per heavy atom. The molecule has 1 N–H and O–H groups in total. The normalized spacial score (nSPS) is 14.8. The van der Waals surface area contributed by atoms with E-state index < -0.39 is 17.8 Å². The Bertz CT molecular complexity index is 1360. The van der Waals surface area contributed by atoms with Crippen LogP contribution < -0.4 is 19.7 Å². The summed E-state index contributed by atoms with van der Waals surface area (Å²) in [4.78, 5) is 38.7. The number of ether oxygens (including phenoxy) is 2. The average molecular weight is 621 g/mol. The molecule has 4 rings (SSSR count). The van der Waals surface area contributed by atoms with Gasteiger partial charge in [-0.3, -0.25) is 14.9 Å². The summed E-state index contributed by atoms with van der Waals surface area (Å²) in [6, 6.07) is 16.1. The topological polar surface area (TPSA) is 84.9 Å². The van der Waals surface area contributed by atoms with Gasteiger partial charge in [-0.2, -0.15) is 0 Å². The zero-order valence-corrected chi connectivity index (χ0v) is 22.1. The second-order valence-corrected chi connectivity index (χ2v) is 9.58. The van der Waals surface area contributed by atoms with Gasteiger partial charge in [0.1, 0.15) is 12.2 Å². The summed E-state index contributed by atoms with van der Waals surface area (Å²) >= 11 is 12.8. The molecule has 178 valence electrons. The highest BCUT2D eigenvalue weighted by Crippen LogP contribution is 2.32. The van der Waals surface area contributed by atoms with E-state index in [1.54, 1.807) is 30.3 Å². The van der Waals surface area contributed by atoms with Gasteiger partial charge in [0.2, 0.25) is 0 Å². The predicted molar refractivity (Wildman–Crippen MR) is 140 cm³/mol. The Morgan fingerprint density at radius 2 is 1.71 bits per heavy atom. The Hall–Kier alpha value is -3.14. The van der Waals surface area contributed by atoms with Crippen molar-refractivity contribution in [2.45, 2.75) is 6.61 Å². The smallest absolute Gasteiger partial charge is 0.335 e. The summed E-state index contributed by atoms with van der Waals surface area (Å²) < 4.78 is 13.2. The summed E-state index contributed by atoms with van der Waals surface area (Å²) in [5.41, 5.74) is 1.55. The molecule has 35 heavy (non-hydrogen) atoms. The van der Waals surface area contributed by atoms with Crippen molar-refractivity contribution in [3.63, 3.8) is 0 Å². The van der Waals surface area contributed by atoms with Crippen molar-refractivity contribution in [3.8, 4) is 11.5 Å². The minimum absolute atomic E-state index is 0.200. The van der Waals surface area contributed by atoms with Crippen LogP contribution in [0.2, 0.25) is 5.02 Å². The molecule has 10 heteroatoms. The highest BCUT2D eigenvalue weighted by Gasteiger charge is 2.36. The molecule has 0 atom stereocenters. The molecule has 7 nitrogen and oxygen atoms in total. The molecule has 0 saturated carbocycles. The van der Waals surface area contributed by atoms with Crippen molar-refractivity contribution < 1.29 is 23.9 Å². The predicted octanol–water partition coefficient (Wildman–Crippen LogP) is 6.12. The van der Waals surface area contributed by atoms with Crippen molar-refractivity contribution in [1.29, 1.82) is 0 Å². The monoisotopic (exact) mass is 618 g/mol.